The molecule has 1 atom stereocenters. The number of fused-ring (bicyclic) bond motifs is 1. The van der Waals surface area contributed by atoms with Crippen molar-refractivity contribution in [2.75, 3.05) is 0 Å². The molecule has 102 valence electrons. The summed E-state index contributed by atoms with van der Waals surface area (Å²) in [7, 11) is 0. The van der Waals surface area contributed by atoms with Crippen LogP contribution in [0, 0.1) is 6.92 Å². The van der Waals surface area contributed by atoms with Crippen LogP contribution in [0.3, 0.4) is 0 Å². The predicted octanol–water partition coefficient (Wildman–Crippen LogP) is 3.49. The summed E-state index contributed by atoms with van der Waals surface area (Å²) in [5.74, 6) is 5.75. The zero-order valence-corrected chi connectivity index (χ0v) is 11.5. The minimum atomic E-state index is 0.0421. The minimum Gasteiger partial charge on any atom is -0.464 e. The summed E-state index contributed by atoms with van der Waals surface area (Å²) in [6, 6.07) is 16.6. The number of hydrogen-bond acceptors (Lipinski definition) is 3. The lowest BCUT2D eigenvalue weighted by Crippen LogP contribution is -2.29. The molecule has 3 N–H and O–H groups in total. The summed E-state index contributed by atoms with van der Waals surface area (Å²) < 4.78 is 5.60. The Morgan fingerprint density at radius 3 is 2.80 bits per heavy atom. The molecule has 0 aliphatic carbocycles. The summed E-state index contributed by atoms with van der Waals surface area (Å²) in [5, 5.41) is 1.11. The molecule has 0 saturated carbocycles. The van der Waals surface area contributed by atoms with Gasteiger partial charge in [-0.15, -0.1) is 0 Å². The molecule has 3 aromatic rings. The molecule has 0 bridgehead atoms. The summed E-state index contributed by atoms with van der Waals surface area (Å²) in [4.78, 5) is 0. The maximum absolute atomic E-state index is 5.75. The molecule has 1 unspecified atom stereocenters. The van der Waals surface area contributed by atoms with Crippen molar-refractivity contribution in [1.82, 2.24) is 5.43 Å². The Hall–Kier alpha value is -2.10. The number of nitrogens with one attached hydrogen (secondary N) is 1. The van der Waals surface area contributed by atoms with E-state index in [1.54, 1.807) is 6.26 Å². The molecule has 0 spiro atoms. The molecule has 1 heterocycles. The molecule has 3 nitrogen and oxygen atoms in total. The van der Waals surface area contributed by atoms with Gasteiger partial charge in [-0.25, -0.2) is 0 Å². The normalized spacial score (nSPS) is 12.7. The summed E-state index contributed by atoms with van der Waals surface area (Å²) >= 11 is 0. The summed E-state index contributed by atoms with van der Waals surface area (Å²) in [6.45, 7) is 2.10. The van der Waals surface area contributed by atoms with Crippen molar-refractivity contribution in [3.8, 4) is 0 Å². The average Bonchev–Trinajstić information content (AvgIpc) is 2.89. The maximum Gasteiger partial charge on any atom is 0.134 e. The third kappa shape index (κ3) is 2.46. The highest BCUT2D eigenvalue weighted by molar-refractivity contribution is 5.81. The van der Waals surface area contributed by atoms with Gasteiger partial charge in [-0.2, -0.15) is 0 Å². The van der Waals surface area contributed by atoms with Gasteiger partial charge in [0.15, 0.2) is 0 Å². The first-order valence-corrected chi connectivity index (χ1v) is 6.76. The number of nitrogens with two attached hydrogens (primary N) is 1. The molecule has 0 aliphatic heterocycles. The molecule has 3 rings (SSSR count). The number of hydrogen-bond donors (Lipinski definition) is 2. The van der Waals surface area contributed by atoms with Crippen molar-refractivity contribution in [3.05, 3.63) is 71.5 Å². The number of furan rings is 1. The first-order chi connectivity index (χ1) is 9.78. The third-order valence-corrected chi connectivity index (χ3v) is 3.61. The second-order valence-corrected chi connectivity index (χ2v) is 5.10. The Bertz CT molecular complexity index is 718. The van der Waals surface area contributed by atoms with Crippen molar-refractivity contribution in [1.29, 1.82) is 0 Å². The first-order valence-electron chi connectivity index (χ1n) is 6.76. The Morgan fingerprint density at radius 1 is 1.15 bits per heavy atom. The van der Waals surface area contributed by atoms with Gasteiger partial charge in [-0.1, -0.05) is 48.0 Å². The van der Waals surface area contributed by atoms with Crippen LogP contribution in [-0.4, -0.2) is 0 Å². The van der Waals surface area contributed by atoms with E-state index in [1.165, 1.54) is 11.1 Å². The van der Waals surface area contributed by atoms with Gasteiger partial charge in [0, 0.05) is 10.9 Å². The lowest BCUT2D eigenvalue weighted by atomic mass is 9.98. The van der Waals surface area contributed by atoms with E-state index in [0.29, 0.717) is 0 Å². The van der Waals surface area contributed by atoms with Gasteiger partial charge in [0.05, 0.1) is 12.3 Å². The molecule has 20 heavy (non-hydrogen) atoms. The molecule has 0 radical (unpaired) electrons. The Morgan fingerprint density at radius 2 is 2.00 bits per heavy atom. The van der Waals surface area contributed by atoms with Gasteiger partial charge in [-0.3, -0.25) is 11.3 Å². The minimum absolute atomic E-state index is 0.0421. The maximum atomic E-state index is 5.75. The fourth-order valence-electron chi connectivity index (χ4n) is 2.60. The topological polar surface area (TPSA) is 51.2 Å². The van der Waals surface area contributed by atoms with Crippen molar-refractivity contribution in [2.24, 2.45) is 5.84 Å². The second-order valence-electron chi connectivity index (χ2n) is 5.10. The fourth-order valence-corrected chi connectivity index (χ4v) is 2.60. The molecule has 0 saturated heterocycles. The first kappa shape index (κ1) is 12.9. The van der Waals surface area contributed by atoms with Crippen LogP contribution >= 0.6 is 0 Å². The highest BCUT2D eigenvalue weighted by Gasteiger charge is 2.16. The number of benzene rings is 2. The van der Waals surface area contributed by atoms with Crippen LogP contribution < -0.4 is 11.3 Å². The zero-order chi connectivity index (χ0) is 13.9. The molecule has 0 amide bonds. The van der Waals surface area contributed by atoms with Gasteiger partial charge in [0.1, 0.15) is 5.58 Å². The lowest BCUT2D eigenvalue weighted by molar-refractivity contribution is 0.536. The van der Waals surface area contributed by atoms with E-state index in [2.05, 4.69) is 42.7 Å². The second kappa shape index (κ2) is 5.49. The van der Waals surface area contributed by atoms with Gasteiger partial charge in [-0.05, 0) is 25.0 Å². The summed E-state index contributed by atoms with van der Waals surface area (Å²) in [6.07, 6.45) is 2.63. The van der Waals surface area contributed by atoms with Crippen LogP contribution in [0.4, 0.5) is 0 Å². The van der Waals surface area contributed by atoms with Crippen molar-refractivity contribution in [2.45, 2.75) is 19.4 Å². The predicted molar refractivity (Wildman–Crippen MR) is 81.2 cm³/mol. The van der Waals surface area contributed by atoms with E-state index in [-0.39, 0.29) is 6.04 Å². The number of aryl methyl sites for hydroxylation is 1. The van der Waals surface area contributed by atoms with Crippen molar-refractivity contribution in [3.63, 3.8) is 0 Å². The Labute approximate surface area is 118 Å². The van der Waals surface area contributed by atoms with Crippen molar-refractivity contribution >= 4 is 11.0 Å². The Kier molecular flexibility index (Phi) is 3.54. The highest BCUT2D eigenvalue weighted by atomic mass is 16.3. The number of rotatable bonds is 4. The van der Waals surface area contributed by atoms with Crippen LogP contribution in [0.1, 0.15) is 22.7 Å². The van der Waals surface area contributed by atoms with E-state index in [4.69, 9.17) is 10.3 Å². The highest BCUT2D eigenvalue weighted by Crippen LogP contribution is 2.28. The van der Waals surface area contributed by atoms with Gasteiger partial charge in [0.25, 0.3) is 0 Å². The quantitative estimate of drug-likeness (QED) is 0.561. The lowest BCUT2D eigenvalue weighted by Gasteiger charge is -2.15. The smallest absolute Gasteiger partial charge is 0.134 e. The molecular weight excluding hydrogens is 248 g/mol. The molecular formula is C17H18N2O. The Balaban J connectivity index is 1.93. The van der Waals surface area contributed by atoms with Crippen LogP contribution in [0.25, 0.3) is 11.0 Å². The number of para-hydroxylation sites is 1. The van der Waals surface area contributed by atoms with Crippen LogP contribution in [0.15, 0.2) is 59.2 Å². The SMILES string of the molecule is Cc1cccc(CC(NN)c2coc3ccccc23)c1. The third-order valence-electron chi connectivity index (χ3n) is 3.61. The van der Waals surface area contributed by atoms with Crippen LogP contribution in [0.5, 0.6) is 0 Å². The van der Waals surface area contributed by atoms with E-state index >= 15 is 0 Å². The van der Waals surface area contributed by atoms with E-state index in [0.717, 1.165) is 23.0 Å². The van der Waals surface area contributed by atoms with Gasteiger partial charge in [0.2, 0.25) is 0 Å². The monoisotopic (exact) mass is 266 g/mol. The largest absolute Gasteiger partial charge is 0.464 e. The number of hydrazine groups is 1. The standard InChI is InChI=1S/C17H18N2O/c1-12-5-4-6-13(9-12)10-16(19-18)15-11-20-17-8-3-2-7-14(15)17/h2-9,11,16,19H,10,18H2,1H3. The fraction of sp³-hybridized carbons (Fsp3) is 0.176. The van der Waals surface area contributed by atoms with E-state index < -0.39 is 0 Å². The van der Waals surface area contributed by atoms with E-state index in [9.17, 15) is 0 Å². The average molecular weight is 266 g/mol. The van der Waals surface area contributed by atoms with Gasteiger partial charge >= 0.3 is 0 Å². The van der Waals surface area contributed by atoms with Gasteiger partial charge < -0.3 is 4.42 Å². The van der Waals surface area contributed by atoms with Crippen molar-refractivity contribution < 1.29 is 4.42 Å². The molecule has 2 aromatic carbocycles. The molecule has 1 aromatic heterocycles. The molecule has 0 aliphatic rings. The van der Waals surface area contributed by atoms with Crippen LogP contribution in [0.2, 0.25) is 0 Å². The zero-order valence-electron chi connectivity index (χ0n) is 11.5. The molecule has 3 heteroatoms. The molecule has 0 fully saturated rings. The van der Waals surface area contributed by atoms with Crippen LogP contribution in [-0.2, 0) is 6.42 Å². The summed E-state index contributed by atoms with van der Waals surface area (Å²) in [5.41, 5.74) is 7.42. The van der Waals surface area contributed by atoms with E-state index in [1.807, 2.05) is 18.2 Å².